The highest BCUT2D eigenvalue weighted by atomic mass is 16.5. The van der Waals surface area contributed by atoms with Crippen LogP contribution in [0.15, 0.2) is 24.3 Å². The Morgan fingerprint density at radius 2 is 1.50 bits per heavy atom. The molecule has 2 rings (SSSR count). The predicted octanol–water partition coefficient (Wildman–Crippen LogP) is 5.70. The van der Waals surface area contributed by atoms with Gasteiger partial charge in [-0.3, -0.25) is 0 Å². The van der Waals surface area contributed by atoms with E-state index < -0.39 is 0 Å². The highest BCUT2D eigenvalue weighted by molar-refractivity contribution is 5.57. The molecule has 2 aromatic rings. The lowest BCUT2D eigenvalue weighted by atomic mass is 9.93. The Morgan fingerprint density at radius 1 is 0.958 bits per heavy atom. The Balaban J connectivity index is 2.14. The molecule has 3 nitrogen and oxygen atoms in total. The first kappa shape index (κ1) is 18.4. The molecular weight excluding hydrogens is 296 g/mol. The molecule has 1 heterocycles. The zero-order chi connectivity index (χ0) is 17.9. The first-order chi connectivity index (χ1) is 11.2. The van der Waals surface area contributed by atoms with Crippen LogP contribution in [0.5, 0.6) is 5.75 Å². The van der Waals surface area contributed by atoms with E-state index in [1.807, 2.05) is 24.3 Å². The summed E-state index contributed by atoms with van der Waals surface area (Å²) in [5, 5.41) is 0. The van der Waals surface area contributed by atoms with Gasteiger partial charge in [-0.2, -0.15) is 0 Å². The van der Waals surface area contributed by atoms with Gasteiger partial charge in [-0.1, -0.05) is 34.6 Å². The van der Waals surface area contributed by atoms with Crippen LogP contribution >= 0.6 is 0 Å². The molecule has 0 atom stereocenters. The summed E-state index contributed by atoms with van der Waals surface area (Å²) in [5.41, 5.74) is 4.71. The van der Waals surface area contributed by atoms with Crippen LogP contribution in [0.1, 0.15) is 63.9 Å². The number of hydrogen-bond donors (Lipinski definition) is 0. The minimum atomic E-state index is 0.293. The van der Waals surface area contributed by atoms with Gasteiger partial charge in [-0.05, 0) is 61.4 Å². The first-order valence-electron chi connectivity index (χ1n) is 8.76. The van der Waals surface area contributed by atoms with Crippen LogP contribution in [-0.2, 0) is 0 Å². The van der Waals surface area contributed by atoms with Crippen LogP contribution in [-0.4, -0.2) is 16.6 Å². The quantitative estimate of drug-likeness (QED) is 0.707. The zero-order valence-electron chi connectivity index (χ0n) is 16.1. The van der Waals surface area contributed by atoms with E-state index in [2.05, 4.69) is 48.5 Å². The van der Waals surface area contributed by atoms with Crippen LogP contribution in [0.25, 0.3) is 11.4 Å². The summed E-state index contributed by atoms with van der Waals surface area (Å²) in [7, 11) is 0. The molecular formula is C21H30N2O. The van der Waals surface area contributed by atoms with Gasteiger partial charge in [-0.25, -0.2) is 9.97 Å². The lowest BCUT2D eigenvalue weighted by molar-refractivity contribution is 0.243. The van der Waals surface area contributed by atoms with Crippen molar-refractivity contribution in [3.8, 4) is 17.1 Å². The molecule has 0 bridgehead atoms. The second kappa shape index (κ2) is 7.33. The molecule has 0 aliphatic rings. The fourth-order valence-electron chi connectivity index (χ4n) is 2.86. The van der Waals surface area contributed by atoms with Gasteiger partial charge < -0.3 is 4.74 Å². The Bertz CT molecular complexity index is 659. The van der Waals surface area contributed by atoms with Gasteiger partial charge in [0.05, 0.1) is 6.61 Å². The summed E-state index contributed by atoms with van der Waals surface area (Å²) < 4.78 is 5.83. The maximum absolute atomic E-state index is 5.83. The van der Waals surface area contributed by atoms with Gasteiger partial charge >= 0.3 is 0 Å². The number of rotatable bonds is 5. The summed E-state index contributed by atoms with van der Waals surface area (Å²) in [6.07, 6.45) is 1.03. The third-order valence-corrected chi connectivity index (χ3v) is 4.14. The Labute approximate surface area is 146 Å². The summed E-state index contributed by atoms with van der Waals surface area (Å²) in [5.74, 6) is 2.13. The predicted molar refractivity (Wildman–Crippen MR) is 101 cm³/mol. The summed E-state index contributed by atoms with van der Waals surface area (Å²) in [6, 6.07) is 8.08. The van der Waals surface area contributed by atoms with Crippen molar-refractivity contribution in [1.82, 2.24) is 9.97 Å². The second-order valence-corrected chi connectivity index (χ2v) is 7.97. The molecule has 0 spiro atoms. The van der Waals surface area contributed by atoms with E-state index in [1.165, 1.54) is 5.56 Å². The smallest absolute Gasteiger partial charge is 0.159 e. The molecule has 0 unspecified atom stereocenters. The lowest BCUT2D eigenvalue weighted by Gasteiger charge is -2.18. The van der Waals surface area contributed by atoms with Crippen LogP contribution in [0, 0.1) is 19.3 Å². The van der Waals surface area contributed by atoms with E-state index in [9.17, 15) is 0 Å². The normalized spacial score (nSPS) is 11.8. The van der Waals surface area contributed by atoms with E-state index >= 15 is 0 Å². The maximum Gasteiger partial charge on any atom is 0.159 e. The maximum atomic E-state index is 5.83. The minimum Gasteiger partial charge on any atom is -0.494 e. The molecule has 0 amide bonds. The molecule has 130 valence electrons. The zero-order valence-corrected chi connectivity index (χ0v) is 16.1. The van der Waals surface area contributed by atoms with Crippen LogP contribution in [0.4, 0.5) is 0 Å². The van der Waals surface area contributed by atoms with Crippen LogP contribution < -0.4 is 4.74 Å². The standard InChI is InChI=1S/C21H30N2O/c1-14(2)19-15(3)22-20(23-16(19)4)17-8-10-18(11-9-17)24-13-12-21(5,6)7/h8-11,14H,12-13H2,1-7H3. The van der Waals surface area contributed by atoms with E-state index in [-0.39, 0.29) is 0 Å². The molecule has 0 saturated heterocycles. The van der Waals surface area contributed by atoms with Crippen molar-refractivity contribution in [3.63, 3.8) is 0 Å². The molecule has 0 saturated carbocycles. The molecule has 24 heavy (non-hydrogen) atoms. The highest BCUT2D eigenvalue weighted by Gasteiger charge is 2.13. The van der Waals surface area contributed by atoms with Crippen molar-refractivity contribution in [2.24, 2.45) is 5.41 Å². The third-order valence-electron chi connectivity index (χ3n) is 4.14. The number of ether oxygens (including phenoxy) is 1. The lowest BCUT2D eigenvalue weighted by Crippen LogP contribution is -2.11. The number of nitrogens with zero attached hydrogens (tertiary/aromatic N) is 2. The van der Waals surface area contributed by atoms with Crippen LogP contribution in [0.2, 0.25) is 0 Å². The van der Waals surface area contributed by atoms with Crippen molar-refractivity contribution in [1.29, 1.82) is 0 Å². The topological polar surface area (TPSA) is 35.0 Å². The second-order valence-electron chi connectivity index (χ2n) is 7.97. The van der Waals surface area contributed by atoms with Crippen LogP contribution in [0.3, 0.4) is 0 Å². The molecule has 0 radical (unpaired) electrons. The monoisotopic (exact) mass is 326 g/mol. The van der Waals surface area contributed by atoms with Crippen molar-refractivity contribution in [2.75, 3.05) is 6.61 Å². The van der Waals surface area contributed by atoms with E-state index in [4.69, 9.17) is 14.7 Å². The van der Waals surface area contributed by atoms with Gasteiger partial charge in [0, 0.05) is 17.0 Å². The Hall–Kier alpha value is -1.90. The third kappa shape index (κ3) is 4.80. The van der Waals surface area contributed by atoms with E-state index in [0.717, 1.165) is 41.6 Å². The summed E-state index contributed by atoms with van der Waals surface area (Å²) in [6.45, 7) is 15.9. The van der Waals surface area contributed by atoms with E-state index in [0.29, 0.717) is 11.3 Å². The minimum absolute atomic E-state index is 0.293. The van der Waals surface area contributed by atoms with Crippen molar-refractivity contribution in [3.05, 3.63) is 41.2 Å². The Kier molecular flexibility index (Phi) is 5.63. The van der Waals surface area contributed by atoms with Gasteiger partial charge in [-0.15, -0.1) is 0 Å². The van der Waals surface area contributed by atoms with Gasteiger partial charge in [0.15, 0.2) is 5.82 Å². The number of aryl methyl sites for hydroxylation is 2. The number of benzene rings is 1. The van der Waals surface area contributed by atoms with Crippen molar-refractivity contribution < 1.29 is 4.74 Å². The molecule has 3 heteroatoms. The fourth-order valence-corrected chi connectivity index (χ4v) is 2.86. The fraction of sp³-hybridized carbons (Fsp3) is 0.524. The van der Waals surface area contributed by atoms with Gasteiger partial charge in [0.2, 0.25) is 0 Å². The molecule has 0 aliphatic heterocycles. The SMILES string of the molecule is Cc1nc(-c2ccc(OCCC(C)(C)C)cc2)nc(C)c1C(C)C. The summed E-state index contributed by atoms with van der Waals surface area (Å²) in [4.78, 5) is 9.40. The van der Waals surface area contributed by atoms with E-state index in [1.54, 1.807) is 0 Å². The molecule has 1 aromatic heterocycles. The average Bonchev–Trinajstić information content (AvgIpc) is 2.45. The molecule has 0 N–H and O–H groups in total. The molecule has 0 aliphatic carbocycles. The van der Waals surface area contributed by atoms with Gasteiger partial charge in [0.1, 0.15) is 5.75 Å². The highest BCUT2D eigenvalue weighted by Crippen LogP contribution is 2.26. The number of hydrogen-bond acceptors (Lipinski definition) is 3. The average molecular weight is 326 g/mol. The van der Waals surface area contributed by atoms with Crippen molar-refractivity contribution in [2.45, 2.75) is 60.8 Å². The molecule has 1 aromatic carbocycles. The molecule has 0 fully saturated rings. The summed E-state index contributed by atoms with van der Waals surface area (Å²) >= 11 is 0. The van der Waals surface area contributed by atoms with Gasteiger partial charge in [0.25, 0.3) is 0 Å². The van der Waals surface area contributed by atoms with Crippen molar-refractivity contribution >= 4 is 0 Å². The first-order valence-corrected chi connectivity index (χ1v) is 8.76. The number of aromatic nitrogens is 2. The Morgan fingerprint density at radius 3 is 1.96 bits per heavy atom. The largest absolute Gasteiger partial charge is 0.494 e.